The number of carbonyl (C=O) groups excluding carboxylic acids is 1. The fourth-order valence-electron chi connectivity index (χ4n) is 7.95. The van der Waals surface area contributed by atoms with Crippen molar-refractivity contribution >= 4 is 5.78 Å². The van der Waals surface area contributed by atoms with Crippen LogP contribution < -0.4 is 0 Å². The van der Waals surface area contributed by atoms with E-state index in [0.717, 1.165) is 32.1 Å². The molecule has 3 fully saturated rings. The van der Waals surface area contributed by atoms with Crippen LogP contribution in [0.2, 0.25) is 0 Å². The average Bonchev–Trinajstić information content (AvgIpc) is 3.33. The van der Waals surface area contributed by atoms with E-state index in [1.165, 1.54) is 18.4 Å². The first kappa shape index (κ1) is 20.4. The number of hydrogen-bond acceptors (Lipinski definition) is 4. The summed E-state index contributed by atoms with van der Waals surface area (Å²) in [6.07, 6.45) is 13.3. The lowest BCUT2D eigenvalue weighted by Crippen LogP contribution is -2.52. The predicted molar refractivity (Wildman–Crippen MR) is 115 cm³/mol. The van der Waals surface area contributed by atoms with Crippen molar-refractivity contribution in [3.05, 3.63) is 30.1 Å². The summed E-state index contributed by atoms with van der Waals surface area (Å²) >= 11 is 0. The topological polar surface area (TPSA) is 64.4 Å². The van der Waals surface area contributed by atoms with Gasteiger partial charge < -0.3 is 9.84 Å². The number of ketones is 1. The van der Waals surface area contributed by atoms with E-state index in [4.69, 9.17) is 4.74 Å². The minimum Gasteiger partial charge on any atom is -0.387 e. The number of fused-ring (bicyclic) bond motifs is 5. The zero-order valence-electron chi connectivity index (χ0n) is 18.6. The SMILES string of the molecule is CO[C@H]1C[C@H]2C(=CC[C@@H]3[C@@H]2CC[C@]2(C)[C@@H](C(=O)Cn4cccn4)CC[C@@H]32)C[C@]1(C)O. The Hall–Kier alpha value is -1.46. The van der Waals surface area contributed by atoms with Gasteiger partial charge >= 0.3 is 0 Å². The van der Waals surface area contributed by atoms with Gasteiger partial charge in [0.2, 0.25) is 0 Å². The Kier molecular flexibility index (Phi) is 4.98. The largest absolute Gasteiger partial charge is 0.387 e. The van der Waals surface area contributed by atoms with E-state index in [0.29, 0.717) is 36.0 Å². The highest BCUT2D eigenvalue weighted by molar-refractivity contribution is 5.82. The number of methoxy groups -OCH3 is 1. The highest BCUT2D eigenvalue weighted by Crippen LogP contribution is 2.63. The number of rotatable bonds is 4. The second-order valence-corrected chi connectivity index (χ2v) is 10.9. The Bertz CT molecular complexity index is 829. The van der Waals surface area contributed by atoms with Crippen molar-refractivity contribution < 1.29 is 14.6 Å². The number of hydrogen-bond donors (Lipinski definition) is 1. The van der Waals surface area contributed by atoms with Crippen molar-refractivity contribution in [2.45, 2.75) is 77.0 Å². The van der Waals surface area contributed by atoms with Crippen molar-refractivity contribution in [2.24, 2.45) is 35.0 Å². The van der Waals surface area contributed by atoms with Crippen molar-refractivity contribution in [1.29, 1.82) is 0 Å². The molecule has 0 spiro atoms. The second-order valence-electron chi connectivity index (χ2n) is 10.9. The number of aromatic nitrogens is 2. The van der Waals surface area contributed by atoms with E-state index in [1.807, 2.05) is 19.2 Å². The maximum Gasteiger partial charge on any atom is 0.157 e. The van der Waals surface area contributed by atoms with Crippen LogP contribution in [0.1, 0.15) is 58.8 Å². The minimum absolute atomic E-state index is 0.0846. The molecule has 0 amide bonds. The molecule has 3 saturated carbocycles. The zero-order chi connectivity index (χ0) is 21.1. The Labute approximate surface area is 179 Å². The van der Waals surface area contributed by atoms with Gasteiger partial charge in [0.15, 0.2) is 5.78 Å². The van der Waals surface area contributed by atoms with Crippen LogP contribution in [-0.4, -0.2) is 39.5 Å². The summed E-state index contributed by atoms with van der Waals surface area (Å²) < 4.78 is 7.49. The van der Waals surface area contributed by atoms with Crippen molar-refractivity contribution in [3.63, 3.8) is 0 Å². The summed E-state index contributed by atoms with van der Waals surface area (Å²) in [6.45, 7) is 4.73. The van der Waals surface area contributed by atoms with Gasteiger partial charge in [0, 0.05) is 25.4 Å². The summed E-state index contributed by atoms with van der Waals surface area (Å²) in [5.41, 5.74) is 0.824. The number of ether oxygens (including phenoxy) is 1. The first-order valence-electron chi connectivity index (χ1n) is 11.8. The molecule has 30 heavy (non-hydrogen) atoms. The Balaban J connectivity index is 1.36. The van der Waals surface area contributed by atoms with Gasteiger partial charge in [-0.1, -0.05) is 18.6 Å². The summed E-state index contributed by atoms with van der Waals surface area (Å²) in [5, 5.41) is 15.1. The van der Waals surface area contributed by atoms with Gasteiger partial charge in [-0.25, -0.2) is 0 Å². The average molecular weight is 413 g/mol. The van der Waals surface area contributed by atoms with Gasteiger partial charge in [-0.15, -0.1) is 0 Å². The molecule has 1 aromatic rings. The minimum atomic E-state index is -0.759. The highest BCUT2D eigenvalue weighted by atomic mass is 16.5. The Morgan fingerprint density at radius 2 is 2.13 bits per heavy atom. The number of Topliss-reactive ketones (excluding diaryl/α,β-unsaturated/α-hetero) is 1. The molecule has 0 radical (unpaired) electrons. The van der Waals surface area contributed by atoms with Gasteiger partial charge in [0.05, 0.1) is 18.2 Å². The van der Waals surface area contributed by atoms with Crippen LogP contribution in [0.25, 0.3) is 0 Å². The lowest BCUT2D eigenvalue weighted by Gasteiger charge is -2.55. The molecular formula is C25H36N2O3. The van der Waals surface area contributed by atoms with Crippen LogP contribution in [0.15, 0.2) is 30.1 Å². The van der Waals surface area contributed by atoms with Gasteiger partial charge in [-0.2, -0.15) is 5.10 Å². The highest BCUT2D eigenvalue weighted by Gasteiger charge is 2.58. The molecule has 5 rings (SSSR count). The third kappa shape index (κ3) is 3.12. The summed E-state index contributed by atoms with van der Waals surface area (Å²) in [7, 11) is 1.73. The molecule has 0 aromatic carbocycles. The van der Waals surface area contributed by atoms with Crippen molar-refractivity contribution in [3.8, 4) is 0 Å². The number of nitrogens with zero attached hydrogens (tertiary/aromatic N) is 2. The van der Waals surface area contributed by atoms with E-state index < -0.39 is 5.60 Å². The third-order valence-electron chi connectivity index (χ3n) is 9.41. The van der Waals surface area contributed by atoms with E-state index in [9.17, 15) is 9.90 Å². The molecule has 0 saturated heterocycles. The molecule has 8 atom stereocenters. The predicted octanol–water partition coefficient (Wildman–Crippen LogP) is 4.02. The van der Waals surface area contributed by atoms with Crippen molar-refractivity contribution in [1.82, 2.24) is 9.78 Å². The van der Waals surface area contributed by atoms with Gasteiger partial charge in [-0.05, 0) is 87.0 Å². The second kappa shape index (κ2) is 7.30. The maximum absolute atomic E-state index is 13.2. The van der Waals surface area contributed by atoms with Gasteiger partial charge in [0.25, 0.3) is 0 Å². The van der Waals surface area contributed by atoms with E-state index >= 15 is 0 Å². The first-order valence-corrected chi connectivity index (χ1v) is 11.8. The molecule has 0 aliphatic heterocycles. The summed E-state index contributed by atoms with van der Waals surface area (Å²) in [4.78, 5) is 13.2. The van der Waals surface area contributed by atoms with E-state index in [2.05, 4.69) is 18.1 Å². The molecule has 5 nitrogen and oxygen atoms in total. The van der Waals surface area contributed by atoms with Crippen LogP contribution in [0, 0.1) is 35.0 Å². The Morgan fingerprint density at radius 1 is 1.30 bits per heavy atom. The fourth-order valence-corrected chi connectivity index (χ4v) is 7.95. The molecule has 1 N–H and O–H groups in total. The van der Waals surface area contributed by atoms with Crippen LogP contribution in [0.5, 0.6) is 0 Å². The smallest absolute Gasteiger partial charge is 0.157 e. The lowest BCUT2D eigenvalue weighted by atomic mass is 9.51. The van der Waals surface area contributed by atoms with Gasteiger partial charge in [-0.3, -0.25) is 9.48 Å². The molecule has 0 unspecified atom stereocenters. The van der Waals surface area contributed by atoms with Crippen LogP contribution in [0.4, 0.5) is 0 Å². The monoisotopic (exact) mass is 412 g/mol. The molecular weight excluding hydrogens is 376 g/mol. The summed E-state index contributed by atoms with van der Waals surface area (Å²) in [6, 6.07) is 1.89. The van der Waals surface area contributed by atoms with E-state index in [-0.39, 0.29) is 17.4 Å². The third-order valence-corrected chi connectivity index (χ3v) is 9.41. The van der Waals surface area contributed by atoms with Gasteiger partial charge in [0.1, 0.15) is 0 Å². The lowest BCUT2D eigenvalue weighted by molar-refractivity contribution is -0.132. The van der Waals surface area contributed by atoms with Crippen LogP contribution in [0.3, 0.4) is 0 Å². The molecule has 1 aromatic heterocycles. The molecule has 4 aliphatic carbocycles. The molecule has 0 bridgehead atoms. The molecule has 1 heterocycles. The number of aliphatic hydroxyl groups is 1. The van der Waals surface area contributed by atoms with Crippen LogP contribution >= 0.6 is 0 Å². The summed E-state index contributed by atoms with van der Waals surface area (Å²) in [5.74, 6) is 3.04. The van der Waals surface area contributed by atoms with E-state index in [1.54, 1.807) is 18.0 Å². The van der Waals surface area contributed by atoms with Crippen molar-refractivity contribution in [2.75, 3.05) is 7.11 Å². The normalized spacial score (nSPS) is 45.3. The molecule has 4 aliphatic rings. The fraction of sp³-hybridized carbons (Fsp3) is 0.760. The standard InChI is InChI=1S/C25H36N2O3/c1-24-10-9-17-18(6-5-16-14-25(2,29)23(30-3)13-19(16)17)20(24)7-8-21(24)22(28)15-27-12-4-11-26-27/h4-5,11-12,17-21,23,29H,6-10,13-15H2,1-3H3/t17-,18+,19-,20-,21+,23-,24-,25-/m0/s1. The van der Waals surface area contributed by atoms with Crippen LogP contribution in [-0.2, 0) is 16.1 Å². The number of allylic oxidation sites excluding steroid dienone is 1. The molecule has 164 valence electrons. The zero-order valence-corrected chi connectivity index (χ0v) is 18.6. The Morgan fingerprint density at radius 3 is 2.87 bits per heavy atom. The first-order chi connectivity index (χ1) is 14.3. The number of carbonyl (C=O) groups is 1. The maximum atomic E-state index is 13.2. The quantitative estimate of drug-likeness (QED) is 0.759. The molecule has 5 heteroatoms.